The molecule has 1 saturated heterocycles. The van der Waals surface area contributed by atoms with Crippen LogP contribution in [-0.2, 0) is 17.8 Å². The fourth-order valence-electron chi connectivity index (χ4n) is 2.75. The van der Waals surface area contributed by atoms with Crippen molar-refractivity contribution < 1.29 is 9.47 Å². The Balaban J connectivity index is 1.85. The molecule has 3 nitrogen and oxygen atoms in total. The molecule has 4 heteroatoms. The number of fused-ring (bicyclic) bond motifs is 1. The molecule has 0 radical (unpaired) electrons. The molecule has 2 aliphatic heterocycles. The fourth-order valence-corrected chi connectivity index (χ4v) is 3.00. The van der Waals surface area contributed by atoms with Crippen LogP contribution in [0.15, 0.2) is 12.1 Å². The minimum atomic E-state index is 0.343. The zero-order valence-corrected chi connectivity index (χ0v) is 11.1. The van der Waals surface area contributed by atoms with E-state index in [9.17, 15) is 0 Å². The average molecular weight is 268 g/mol. The van der Waals surface area contributed by atoms with Crippen LogP contribution in [0.4, 0.5) is 0 Å². The zero-order valence-electron chi connectivity index (χ0n) is 10.4. The van der Waals surface area contributed by atoms with Crippen molar-refractivity contribution in [1.82, 2.24) is 5.32 Å². The molecule has 2 heterocycles. The van der Waals surface area contributed by atoms with Gasteiger partial charge in [0.15, 0.2) is 6.79 Å². The summed E-state index contributed by atoms with van der Waals surface area (Å²) in [5.41, 5.74) is 2.31. The maximum atomic E-state index is 6.34. The highest BCUT2D eigenvalue weighted by Crippen LogP contribution is 2.33. The van der Waals surface area contributed by atoms with Crippen molar-refractivity contribution in [3.8, 4) is 5.75 Å². The van der Waals surface area contributed by atoms with E-state index in [1.165, 1.54) is 24.8 Å². The third-order valence-electron chi connectivity index (χ3n) is 3.74. The third-order valence-corrected chi connectivity index (χ3v) is 4.09. The summed E-state index contributed by atoms with van der Waals surface area (Å²) >= 11 is 6.34. The number of halogens is 1. The van der Waals surface area contributed by atoms with Crippen LogP contribution in [0, 0.1) is 0 Å². The van der Waals surface area contributed by atoms with Gasteiger partial charge in [-0.05, 0) is 43.5 Å². The lowest BCUT2D eigenvalue weighted by Crippen LogP contribution is -2.36. The predicted molar refractivity (Wildman–Crippen MR) is 71.1 cm³/mol. The van der Waals surface area contributed by atoms with Gasteiger partial charge in [-0.3, -0.25) is 0 Å². The number of hydrogen-bond acceptors (Lipinski definition) is 3. The largest absolute Gasteiger partial charge is 0.467 e. The second-order valence-corrected chi connectivity index (χ2v) is 5.37. The molecular formula is C14H18ClNO2. The predicted octanol–water partition coefficient (Wildman–Crippen LogP) is 2.89. The maximum Gasteiger partial charge on any atom is 0.189 e. The molecule has 0 spiro atoms. The monoisotopic (exact) mass is 267 g/mol. The molecule has 2 aliphatic rings. The summed E-state index contributed by atoms with van der Waals surface area (Å²) in [5, 5.41) is 4.39. The van der Waals surface area contributed by atoms with Crippen molar-refractivity contribution in [3.05, 3.63) is 28.3 Å². The highest BCUT2D eigenvalue weighted by molar-refractivity contribution is 6.31. The Morgan fingerprint density at radius 1 is 1.33 bits per heavy atom. The quantitative estimate of drug-likeness (QED) is 0.894. The molecule has 0 amide bonds. The summed E-state index contributed by atoms with van der Waals surface area (Å²) in [6.45, 7) is 2.07. The smallest absolute Gasteiger partial charge is 0.189 e. The molecule has 18 heavy (non-hydrogen) atoms. The Kier molecular flexibility index (Phi) is 3.73. The Labute approximate surface area is 112 Å². The number of nitrogens with one attached hydrogen (secondary N) is 1. The highest BCUT2D eigenvalue weighted by Gasteiger charge is 2.21. The molecule has 1 N–H and O–H groups in total. The second kappa shape index (κ2) is 5.47. The van der Waals surface area contributed by atoms with Crippen LogP contribution >= 0.6 is 11.6 Å². The Morgan fingerprint density at radius 3 is 3.11 bits per heavy atom. The minimum Gasteiger partial charge on any atom is -0.467 e. The first-order chi connectivity index (χ1) is 8.84. The van der Waals surface area contributed by atoms with Crippen molar-refractivity contribution >= 4 is 11.6 Å². The first-order valence-electron chi connectivity index (χ1n) is 6.59. The van der Waals surface area contributed by atoms with Crippen molar-refractivity contribution in [1.29, 1.82) is 0 Å². The maximum absolute atomic E-state index is 6.34. The van der Waals surface area contributed by atoms with Crippen molar-refractivity contribution in [2.75, 3.05) is 13.3 Å². The van der Waals surface area contributed by atoms with Gasteiger partial charge >= 0.3 is 0 Å². The number of piperidine rings is 1. The zero-order chi connectivity index (χ0) is 12.4. The lowest BCUT2D eigenvalue weighted by atomic mass is 9.94. The lowest BCUT2D eigenvalue weighted by Gasteiger charge is -2.27. The number of hydrogen-bond donors (Lipinski definition) is 1. The summed E-state index contributed by atoms with van der Waals surface area (Å²) in [7, 11) is 0. The van der Waals surface area contributed by atoms with Gasteiger partial charge in [-0.15, -0.1) is 0 Å². The SMILES string of the molecule is Clc1ccc2c(c1CC1CCCCN1)COCO2. The normalized spacial score (nSPS) is 23.3. The summed E-state index contributed by atoms with van der Waals surface area (Å²) in [6, 6.07) is 4.41. The first-order valence-corrected chi connectivity index (χ1v) is 6.96. The summed E-state index contributed by atoms with van der Waals surface area (Å²) in [5.74, 6) is 0.927. The lowest BCUT2D eigenvalue weighted by molar-refractivity contribution is -0.0168. The molecule has 1 aromatic rings. The third kappa shape index (κ3) is 2.48. The van der Waals surface area contributed by atoms with Crippen LogP contribution in [0.1, 0.15) is 30.4 Å². The van der Waals surface area contributed by atoms with Gasteiger partial charge in [0, 0.05) is 16.6 Å². The van der Waals surface area contributed by atoms with Crippen LogP contribution in [0.25, 0.3) is 0 Å². The van der Waals surface area contributed by atoms with E-state index in [4.69, 9.17) is 21.1 Å². The summed E-state index contributed by atoms with van der Waals surface area (Å²) in [4.78, 5) is 0. The second-order valence-electron chi connectivity index (χ2n) is 4.96. The van der Waals surface area contributed by atoms with Crippen LogP contribution in [0.5, 0.6) is 5.75 Å². The van der Waals surface area contributed by atoms with Gasteiger partial charge in [-0.25, -0.2) is 0 Å². The number of benzene rings is 1. The van der Waals surface area contributed by atoms with Gasteiger partial charge in [0.2, 0.25) is 0 Å². The molecule has 3 rings (SSSR count). The van der Waals surface area contributed by atoms with E-state index in [1.54, 1.807) is 0 Å². The molecule has 0 aliphatic carbocycles. The topological polar surface area (TPSA) is 30.5 Å². The van der Waals surface area contributed by atoms with Gasteiger partial charge < -0.3 is 14.8 Å². The van der Waals surface area contributed by atoms with Crippen molar-refractivity contribution in [3.63, 3.8) is 0 Å². The standard InChI is InChI=1S/C14H18ClNO2/c15-13-4-5-14-12(8-17-9-18-14)11(13)7-10-3-1-2-6-16-10/h4-5,10,16H,1-3,6-9H2. The van der Waals surface area contributed by atoms with Crippen LogP contribution in [0.3, 0.4) is 0 Å². The van der Waals surface area contributed by atoms with E-state index in [-0.39, 0.29) is 0 Å². The fraction of sp³-hybridized carbons (Fsp3) is 0.571. The molecule has 1 aromatic carbocycles. The van der Waals surface area contributed by atoms with Crippen LogP contribution in [-0.4, -0.2) is 19.4 Å². The van der Waals surface area contributed by atoms with Crippen LogP contribution in [0.2, 0.25) is 5.02 Å². The summed E-state index contributed by atoms with van der Waals surface area (Å²) < 4.78 is 10.9. The Morgan fingerprint density at radius 2 is 2.28 bits per heavy atom. The minimum absolute atomic E-state index is 0.343. The van der Waals surface area contributed by atoms with E-state index in [0.717, 1.165) is 29.3 Å². The molecule has 0 bridgehead atoms. The van der Waals surface area contributed by atoms with Gasteiger partial charge in [-0.1, -0.05) is 18.0 Å². The van der Waals surface area contributed by atoms with Crippen molar-refractivity contribution in [2.45, 2.75) is 38.3 Å². The van der Waals surface area contributed by atoms with Gasteiger partial charge in [0.05, 0.1) is 6.61 Å². The average Bonchev–Trinajstić information content (AvgIpc) is 2.43. The van der Waals surface area contributed by atoms with Gasteiger partial charge in [-0.2, -0.15) is 0 Å². The van der Waals surface area contributed by atoms with Gasteiger partial charge in [0.1, 0.15) is 5.75 Å². The van der Waals surface area contributed by atoms with E-state index >= 15 is 0 Å². The number of ether oxygens (including phenoxy) is 2. The first kappa shape index (κ1) is 12.3. The van der Waals surface area contributed by atoms with Gasteiger partial charge in [0.25, 0.3) is 0 Å². The molecule has 0 saturated carbocycles. The van der Waals surface area contributed by atoms with Crippen LogP contribution < -0.4 is 10.1 Å². The Bertz CT molecular complexity index is 430. The molecule has 0 aromatic heterocycles. The molecule has 1 atom stereocenters. The summed E-state index contributed by atoms with van der Waals surface area (Å²) in [6.07, 6.45) is 4.77. The molecular weight excluding hydrogens is 250 g/mol. The van der Waals surface area contributed by atoms with E-state index in [1.807, 2.05) is 12.1 Å². The van der Waals surface area contributed by atoms with E-state index in [0.29, 0.717) is 19.4 Å². The molecule has 98 valence electrons. The molecule has 1 unspecified atom stereocenters. The van der Waals surface area contributed by atoms with E-state index < -0.39 is 0 Å². The highest BCUT2D eigenvalue weighted by atomic mass is 35.5. The Hall–Kier alpha value is -0.770. The van der Waals surface area contributed by atoms with Crippen molar-refractivity contribution in [2.24, 2.45) is 0 Å². The number of rotatable bonds is 2. The molecule has 1 fully saturated rings. The van der Waals surface area contributed by atoms with E-state index in [2.05, 4.69) is 5.32 Å².